The van der Waals surface area contributed by atoms with Crippen LogP contribution in [0.25, 0.3) is 0 Å². The van der Waals surface area contributed by atoms with Crippen LogP contribution in [0.2, 0.25) is 0 Å². The molecule has 0 aliphatic rings. The standard InChI is InChI=1S/C10H9NO4/c12-6-2-1-3-8-7-9(11(14)15)4-5-10(8)13/h4-5,7,12-13H,2,6H2. The first-order chi connectivity index (χ1) is 7.15. The number of hydrogen-bond acceptors (Lipinski definition) is 4. The molecule has 0 saturated carbocycles. The van der Waals surface area contributed by atoms with Crippen LogP contribution in [0, 0.1) is 22.0 Å². The van der Waals surface area contributed by atoms with Gasteiger partial charge in [0.15, 0.2) is 0 Å². The van der Waals surface area contributed by atoms with Crippen molar-refractivity contribution in [3.8, 4) is 17.6 Å². The fourth-order valence-electron chi connectivity index (χ4n) is 0.951. The number of aliphatic hydroxyl groups excluding tert-OH is 1. The predicted octanol–water partition coefficient (Wildman–Crippen LogP) is 1.03. The highest BCUT2D eigenvalue weighted by molar-refractivity contribution is 5.51. The largest absolute Gasteiger partial charge is 0.507 e. The number of nitrogens with zero attached hydrogens (tertiary/aromatic N) is 1. The van der Waals surface area contributed by atoms with Gasteiger partial charge in [0.1, 0.15) is 5.75 Å². The molecule has 0 bridgehead atoms. The van der Waals surface area contributed by atoms with Gasteiger partial charge in [-0.3, -0.25) is 10.1 Å². The van der Waals surface area contributed by atoms with Crippen molar-refractivity contribution >= 4 is 5.69 Å². The Balaban J connectivity index is 3.02. The molecule has 0 radical (unpaired) electrons. The van der Waals surface area contributed by atoms with Crippen LogP contribution >= 0.6 is 0 Å². The maximum Gasteiger partial charge on any atom is 0.270 e. The molecule has 5 heteroatoms. The molecule has 0 aromatic heterocycles. The average molecular weight is 207 g/mol. The van der Waals surface area contributed by atoms with Crippen molar-refractivity contribution in [1.82, 2.24) is 0 Å². The first-order valence-corrected chi connectivity index (χ1v) is 4.22. The number of hydrogen-bond donors (Lipinski definition) is 2. The number of rotatable bonds is 2. The van der Waals surface area contributed by atoms with Crippen LogP contribution in [0.3, 0.4) is 0 Å². The van der Waals surface area contributed by atoms with Gasteiger partial charge in [-0.2, -0.15) is 0 Å². The summed E-state index contributed by atoms with van der Waals surface area (Å²) in [6.45, 7) is -0.0807. The second kappa shape index (κ2) is 4.98. The summed E-state index contributed by atoms with van der Waals surface area (Å²) in [6, 6.07) is 3.62. The van der Waals surface area contributed by atoms with Crippen LogP contribution < -0.4 is 0 Å². The maximum atomic E-state index is 10.4. The number of aromatic hydroxyl groups is 1. The lowest BCUT2D eigenvalue weighted by Gasteiger charge is -1.96. The van der Waals surface area contributed by atoms with Crippen molar-refractivity contribution in [2.24, 2.45) is 0 Å². The summed E-state index contributed by atoms with van der Waals surface area (Å²) in [5.74, 6) is 5.01. The summed E-state index contributed by atoms with van der Waals surface area (Å²) < 4.78 is 0. The molecule has 0 aliphatic heterocycles. The minimum Gasteiger partial charge on any atom is -0.507 e. The van der Waals surface area contributed by atoms with E-state index in [1.165, 1.54) is 18.2 Å². The van der Waals surface area contributed by atoms with Crippen molar-refractivity contribution in [3.05, 3.63) is 33.9 Å². The molecular formula is C10H9NO4. The van der Waals surface area contributed by atoms with Gasteiger partial charge >= 0.3 is 0 Å². The highest BCUT2D eigenvalue weighted by atomic mass is 16.6. The van der Waals surface area contributed by atoms with Crippen LogP contribution in [0.5, 0.6) is 5.75 Å². The molecule has 0 unspecified atom stereocenters. The number of phenols is 1. The number of aliphatic hydroxyl groups is 1. The molecular weight excluding hydrogens is 198 g/mol. The van der Waals surface area contributed by atoms with Crippen molar-refractivity contribution in [2.75, 3.05) is 6.61 Å². The Labute approximate surface area is 86.1 Å². The summed E-state index contributed by atoms with van der Waals surface area (Å²) in [5.41, 5.74) is 0.0683. The number of non-ortho nitro benzene ring substituents is 1. The lowest BCUT2D eigenvalue weighted by Crippen LogP contribution is -1.88. The first-order valence-electron chi connectivity index (χ1n) is 4.22. The molecule has 0 amide bonds. The van der Waals surface area contributed by atoms with Crippen molar-refractivity contribution in [1.29, 1.82) is 0 Å². The zero-order valence-electron chi connectivity index (χ0n) is 7.80. The Morgan fingerprint density at radius 2 is 2.20 bits per heavy atom. The third-order valence-electron chi connectivity index (χ3n) is 1.65. The van der Waals surface area contributed by atoms with E-state index in [1.54, 1.807) is 0 Å². The van der Waals surface area contributed by atoms with Gasteiger partial charge in [-0.15, -0.1) is 0 Å². The van der Waals surface area contributed by atoms with E-state index >= 15 is 0 Å². The van der Waals surface area contributed by atoms with Crippen LogP contribution in [-0.2, 0) is 0 Å². The molecule has 0 spiro atoms. The fourth-order valence-corrected chi connectivity index (χ4v) is 0.951. The SMILES string of the molecule is O=[N+]([O-])c1ccc(O)c(C#CCCO)c1. The monoisotopic (exact) mass is 207 g/mol. The third-order valence-corrected chi connectivity index (χ3v) is 1.65. The molecule has 1 aromatic carbocycles. The van der Waals surface area contributed by atoms with E-state index in [0.717, 1.165) is 0 Å². The number of phenolic OH excluding ortho intramolecular Hbond substituents is 1. The Morgan fingerprint density at radius 1 is 1.47 bits per heavy atom. The van der Waals surface area contributed by atoms with E-state index in [1.807, 2.05) is 0 Å². The van der Waals surface area contributed by atoms with E-state index in [2.05, 4.69) is 11.8 Å². The summed E-state index contributed by atoms with van der Waals surface area (Å²) >= 11 is 0. The molecule has 1 aromatic rings. The summed E-state index contributed by atoms with van der Waals surface area (Å²) in [5, 5.41) is 28.2. The van der Waals surface area contributed by atoms with Crippen molar-refractivity contribution in [2.45, 2.75) is 6.42 Å². The smallest absolute Gasteiger partial charge is 0.270 e. The second-order valence-electron chi connectivity index (χ2n) is 2.73. The van der Waals surface area contributed by atoms with Crippen LogP contribution in [0.15, 0.2) is 18.2 Å². The van der Waals surface area contributed by atoms with Crippen LogP contribution in [0.1, 0.15) is 12.0 Å². The van der Waals surface area contributed by atoms with Gasteiger partial charge in [0.25, 0.3) is 5.69 Å². The summed E-state index contributed by atoms with van der Waals surface area (Å²) in [6.07, 6.45) is 0.266. The van der Waals surface area contributed by atoms with Crippen LogP contribution in [-0.4, -0.2) is 21.7 Å². The minimum atomic E-state index is -0.559. The molecule has 0 heterocycles. The Bertz CT molecular complexity index is 431. The molecule has 0 saturated heterocycles. The molecule has 15 heavy (non-hydrogen) atoms. The first kappa shape index (κ1) is 11.0. The van der Waals surface area contributed by atoms with Gasteiger partial charge in [0.2, 0.25) is 0 Å². The average Bonchev–Trinajstić information content (AvgIpc) is 2.20. The normalized spacial score (nSPS) is 9.13. The van der Waals surface area contributed by atoms with Gasteiger partial charge in [0.05, 0.1) is 17.1 Å². The lowest BCUT2D eigenvalue weighted by atomic mass is 10.2. The van der Waals surface area contributed by atoms with E-state index in [-0.39, 0.29) is 30.0 Å². The Kier molecular flexibility index (Phi) is 3.66. The van der Waals surface area contributed by atoms with Gasteiger partial charge in [-0.25, -0.2) is 0 Å². The van der Waals surface area contributed by atoms with Crippen LogP contribution in [0.4, 0.5) is 5.69 Å². The zero-order valence-corrected chi connectivity index (χ0v) is 7.80. The number of benzene rings is 1. The zero-order chi connectivity index (χ0) is 11.3. The van der Waals surface area contributed by atoms with Gasteiger partial charge < -0.3 is 10.2 Å². The Morgan fingerprint density at radius 3 is 2.80 bits per heavy atom. The number of nitro benzene ring substituents is 1. The van der Waals surface area contributed by atoms with Crippen molar-refractivity contribution < 1.29 is 15.1 Å². The topological polar surface area (TPSA) is 83.6 Å². The number of nitro groups is 1. The second-order valence-corrected chi connectivity index (χ2v) is 2.73. The fraction of sp³-hybridized carbons (Fsp3) is 0.200. The highest BCUT2D eigenvalue weighted by Gasteiger charge is 2.08. The predicted molar refractivity (Wildman–Crippen MR) is 53.3 cm³/mol. The molecule has 5 nitrogen and oxygen atoms in total. The van der Waals surface area contributed by atoms with E-state index in [4.69, 9.17) is 5.11 Å². The lowest BCUT2D eigenvalue weighted by molar-refractivity contribution is -0.384. The third kappa shape index (κ3) is 2.97. The van der Waals surface area contributed by atoms with Gasteiger partial charge in [0, 0.05) is 18.6 Å². The molecule has 78 valence electrons. The molecule has 0 aliphatic carbocycles. The molecule has 1 rings (SSSR count). The minimum absolute atomic E-state index is 0.0807. The quantitative estimate of drug-likeness (QED) is 0.431. The summed E-state index contributed by atoms with van der Waals surface area (Å²) in [4.78, 5) is 9.87. The van der Waals surface area contributed by atoms with E-state index in [0.29, 0.717) is 0 Å². The van der Waals surface area contributed by atoms with Gasteiger partial charge in [-0.05, 0) is 6.07 Å². The summed E-state index contributed by atoms with van der Waals surface area (Å²) in [7, 11) is 0. The van der Waals surface area contributed by atoms with Gasteiger partial charge in [-0.1, -0.05) is 11.8 Å². The molecule has 0 fully saturated rings. The van der Waals surface area contributed by atoms with E-state index in [9.17, 15) is 15.2 Å². The Hall–Kier alpha value is -2.06. The molecule has 0 atom stereocenters. The molecule has 2 N–H and O–H groups in total. The maximum absolute atomic E-state index is 10.4. The van der Waals surface area contributed by atoms with E-state index < -0.39 is 4.92 Å². The highest BCUT2D eigenvalue weighted by Crippen LogP contribution is 2.21. The van der Waals surface area contributed by atoms with Crippen molar-refractivity contribution in [3.63, 3.8) is 0 Å².